The lowest BCUT2D eigenvalue weighted by atomic mass is 10.0. The number of anilines is 1. The third kappa shape index (κ3) is 4.14. The molecule has 4 heteroatoms. The van der Waals surface area contributed by atoms with Crippen molar-refractivity contribution >= 4 is 23.2 Å². The van der Waals surface area contributed by atoms with Crippen LogP contribution in [0.5, 0.6) is 0 Å². The van der Waals surface area contributed by atoms with Gasteiger partial charge in [0.05, 0.1) is 10.6 Å². The topological polar surface area (TPSA) is 46.3 Å². The average Bonchev–Trinajstić information content (AvgIpc) is 2.40. The highest BCUT2D eigenvalue weighted by Crippen LogP contribution is 2.23. The zero-order chi connectivity index (χ0) is 15.3. The maximum absolute atomic E-state index is 12.8. The number of nitrogen functional groups attached to an aromatic ring is 1. The van der Waals surface area contributed by atoms with Crippen LogP contribution in [0, 0.1) is 5.92 Å². The van der Waals surface area contributed by atoms with Crippen LogP contribution in [-0.4, -0.2) is 23.4 Å². The Morgan fingerprint density at radius 1 is 1.30 bits per heavy atom. The highest BCUT2D eigenvalue weighted by Gasteiger charge is 2.24. The predicted molar refractivity (Wildman–Crippen MR) is 86.1 cm³/mol. The molecule has 1 aromatic carbocycles. The largest absolute Gasteiger partial charge is 0.399 e. The average molecular weight is 297 g/mol. The van der Waals surface area contributed by atoms with Crippen LogP contribution in [0.2, 0.25) is 5.02 Å². The van der Waals surface area contributed by atoms with E-state index in [0.29, 0.717) is 22.2 Å². The van der Waals surface area contributed by atoms with E-state index in [0.717, 1.165) is 19.4 Å². The van der Waals surface area contributed by atoms with Crippen molar-refractivity contribution in [1.29, 1.82) is 0 Å². The molecule has 0 aliphatic carbocycles. The fraction of sp³-hybridized carbons (Fsp3) is 0.562. The molecule has 20 heavy (non-hydrogen) atoms. The summed E-state index contributed by atoms with van der Waals surface area (Å²) in [6, 6.07) is 5.30. The van der Waals surface area contributed by atoms with Gasteiger partial charge in [-0.25, -0.2) is 0 Å². The van der Waals surface area contributed by atoms with Gasteiger partial charge in [0.1, 0.15) is 0 Å². The van der Waals surface area contributed by atoms with E-state index in [4.69, 9.17) is 17.3 Å². The van der Waals surface area contributed by atoms with E-state index in [-0.39, 0.29) is 11.9 Å². The first-order valence-electron chi connectivity index (χ1n) is 7.26. The van der Waals surface area contributed by atoms with Crippen molar-refractivity contribution in [3.8, 4) is 0 Å². The maximum Gasteiger partial charge on any atom is 0.255 e. The molecule has 0 saturated heterocycles. The van der Waals surface area contributed by atoms with E-state index in [9.17, 15) is 4.79 Å². The van der Waals surface area contributed by atoms with Crippen LogP contribution in [0.15, 0.2) is 18.2 Å². The van der Waals surface area contributed by atoms with Gasteiger partial charge in [-0.3, -0.25) is 4.79 Å². The first-order valence-corrected chi connectivity index (χ1v) is 7.64. The van der Waals surface area contributed by atoms with Crippen LogP contribution < -0.4 is 5.73 Å². The van der Waals surface area contributed by atoms with Gasteiger partial charge in [-0.1, -0.05) is 39.3 Å². The second kappa shape index (κ2) is 7.53. The van der Waals surface area contributed by atoms with Gasteiger partial charge in [0.2, 0.25) is 0 Å². The van der Waals surface area contributed by atoms with Crippen molar-refractivity contribution in [3.63, 3.8) is 0 Å². The smallest absolute Gasteiger partial charge is 0.255 e. The molecule has 0 radical (unpaired) electrons. The maximum atomic E-state index is 12.8. The molecule has 2 N–H and O–H groups in total. The van der Waals surface area contributed by atoms with Crippen molar-refractivity contribution in [1.82, 2.24) is 4.90 Å². The molecule has 0 aromatic heterocycles. The molecule has 0 spiro atoms. The van der Waals surface area contributed by atoms with Crippen molar-refractivity contribution in [3.05, 3.63) is 28.8 Å². The summed E-state index contributed by atoms with van der Waals surface area (Å²) in [5.74, 6) is 0.393. The zero-order valence-electron chi connectivity index (χ0n) is 12.8. The Balaban J connectivity index is 3.12. The Labute approximate surface area is 127 Å². The van der Waals surface area contributed by atoms with Gasteiger partial charge in [0.25, 0.3) is 5.91 Å². The fourth-order valence-corrected chi connectivity index (χ4v) is 2.58. The molecule has 0 aliphatic rings. The summed E-state index contributed by atoms with van der Waals surface area (Å²) in [4.78, 5) is 14.7. The molecule has 0 unspecified atom stereocenters. The number of hydrogen-bond donors (Lipinski definition) is 1. The number of hydrogen-bond acceptors (Lipinski definition) is 2. The minimum Gasteiger partial charge on any atom is -0.399 e. The normalized spacial score (nSPS) is 11.2. The second-order valence-corrected chi connectivity index (χ2v) is 5.97. The van der Waals surface area contributed by atoms with Crippen LogP contribution in [0.1, 0.15) is 50.9 Å². The van der Waals surface area contributed by atoms with Crippen LogP contribution in [-0.2, 0) is 0 Å². The molecule has 0 atom stereocenters. The molecule has 1 rings (SSSR count). The second-order valence-electron chi connectivity index (χ2n) is 5.56. The summed E-state index contributed by atoms with van der Waals surface area (Å²) in [5.41, 5.74) is 6.84. The van der Waals surface area contributed by atoms with Crippen molar-refractivity contribution in [2.24, 2.45) is 5.92 Å². The number of nitrogens with two attached hydrogens (primary N) is 1. The quantitative estimate of drug-likeness (QED) is 0.799. The number of benzene rings is 1. The standard InChI is InChI=1S/C16H25ClN2O/c1-5-13(6-2)19(10-11(3)4)16(20)14-9-12(18)7-8-15(14)17/h7-9,11,13H,5-6,10,18H2,1-4H3. The Bertz CT molecular complexity index is 456. The van der Waals surface area contributed by atoms with E-state index < -0.39 is 0 Å². The first-order chi connectivity index (χ1) is 9.40. The van der Waals surface area contributed by atoms with E-state index in [1.165, 1.54) is 0 Å². The highest BCUT2D eigenvalue weighted by molar-refractivity contribution is 6.34. The number of nitrogens with zero attached hydrogens (tertiary/aromatic N) is 1. The van der Waals surface area contributed by atoms with Gasteiger partial charge in [0.15, 0.2) is 0 Å². The van der Waals surface area contributed by atoms with Crippen LogP contribution in [0.4, 0.5) is 5.69 Å². The van der Waals surface area contributed by atoms with Crippen LogP contribution in [0.25, 0.3) is 0 Å². The van der Waals surface area contributed by atoms with Gasteiger partial charge < -0.3 is 10.6 Å². The number of halogens is 1. The molecule has 0 bridgehead atoms. The van der Waals surface area contributed by atoms with Crippen LogP contribution >= 0.6 is 11.6 Å². The minimum atomic E-state index is -0.0234. The van der Waals surface area contributed by atoms with Gasteiger partial charge in [-0.15, -0.1) is 0 Å². The predicted octanol–water partition coefficient (Wildman–Crippen LogP) is 4.21. The van der Waals surface area contributed by atoms with E-state index in [1.807, 2.05) is 4.90 Å². The lowest BCUT2D eigenvalue weighted by molar-refractivity contribution is 0.0640. The van der Waals surface area contributed by atoms with Crippen LogP contribution in [0.3, 0.4) is 0 Å². The Morgan fingerprint density at radius 3 is 2.40 bits per heavy atom. The molecule has 1 aromatic rings. The Kier molecular flexibility index (Phi) is 6.34. The van der Waals surface area contributed by atoms with Gasteiger partial charge in [-0.05, 0) is 37.0 Å². The molecular weight excluding hydrogens is 272 g/mol. The summed E-state index contributed by atoms with van der Waals surface area (Å²) in [7, 11) is 0. The number of carbonyl (C=O) groups excluding carboxylic acids is 1. The van der Waals surface area contributed by atoms with Crippen molar-refractivity contribution in [2.75, 3.05) is 12.3 Å². The monoisotopic (exact) mass is 296 g/mol. The zero-order valence-corrected chi connectivity index (χ0v) is 13.6. The molecule has 0 heterocycles. The first kappa shape index (κ1) is 16.8. The van der Waals surface area contributed by atoms with Gasteiger partial charge >= 0.3 is 0 Å². The Hall–Kier alpha value is -1.22. The molecule has 0 fully saturated rings. The summed E-state index contributed by atoms with van der Waals surface area (Å²) >= 11 is 6.16. The lowest BCUT2D eigenvalue weighted by Crippen LogP contribution is -2.42. The number of amides is 1. The number of carbonyl (C=O) groups is 1. The van der Waals surface area contributed by atoms with E-state index in [2.05, 4.69) is 27.7 Å². The van der Waals surface area contributed by atoms with E-state index in [1.54, 1.807) is 18.2 Å². The molecule has 1 amide bonds. The highest BCUT2D eigenvalue weighted by atomic mass is 35.5. The van der Waals surface area contributed by atoms with Crippen molar-refractivity contribution in [2.45, 2.75) is 46.6 Å². The lowest BCUT2D eigenvalue weighted by Gasteiger charge is -2.32. The summed E-state index contributed by atoms with van der Waals surface area (Å²) in [5, 5.41) is 0.462. The van der Waals surface area contributed by atoms with Gasteiger partial charge in [0, 0.05) is 18.3 Å². The molecule has 0 saturated carbocycles. The SMILES string of the molecule is CCC(CC)N(CC(C)C)C(=O)c1cc(N)ccc1Cl. The molecular formula is C16H25ClN2O. The molecule has 112 valence electrons. The summed E-state index contributed by atoms with van der Waals surface area (Å²) in [6.07, 6.45) is 1.88. The minimum absolute atomic E-state index is 0.0234. The third-order valence-electron chi connectivity index (χ3n) is 3.43. The number of rotatable bonds is 6. The summed E-state index contributed by atoms with van der Waals surface area (Å²) < 4.78 is 0. The third-order valence-corrected chi connectivity index (χ3v) is 3.76. The molecule has 0 aliphatic heterocycles. The molecule has 3 nitrogen and oxygen atoms in total. The van der Waals surface area contributed by atoms with Gasteiger partial charge in [-0.2, -0.15) is 0 Å². The van der Waals surface area contributed by atoms with E-state index >= 15 is 0 Å². The Morgan fingerprint density at radius 2 is 1.90 bits per heavy atom. The summed E-state index contributed by atoms with van der Waals surface area (Å²) in [6.45, 7) is 9.18. The van der Waals surface area contributed by atoms with Crippen molar-refractivity contribution < 1.29 is 4.79 Å². The fourth-order valence-electron chi connectivity index (χ4n) is 2.38.